The van der Waals surface area contributed by atoms with Gasteiger partial charge in [0, 0.05) is 19.2 Å². The number of hydrogen-bond acceptors (Lipinski definition) is 3. The van der Waals surface area contributed by atoms with Crippen molar-refractivity contribution in [1.82, 2.24) is 5.32 Å². The molecule has 0 aliphatic carbocycles. The minimum Gasteiger partial charge on any atom is -0.326 e. The van der Waals surface area contributed by atoms with E-state index in [9.17, 15) is 4.79 Å². The molecule has 1 atom stereocenters. The minimum atomic E-state index is -0.0281. The SMILES string of the molecule is CC(=O)Nc1ccc(CNCC2CCSC2)cc1. The molecule has 1 aliphatic rings. The predicted octanol–water partition coefficient (Wildman–Crippen LogP) is 2.49. The lowest BCUT2D eigenvalue weighted by atomic mass is 10.1. The number of hydrogen-bond donors (Lipinski definition) is 2. The molecule has 1 aliphatic heterocycles. The van der Waals surface area contributed by atoms with Gasteiger partial charge in [-0.25, -0.2) is 0 Å². The lowest BCUT2D eigenvalue weighted by Gasteiger charge is -2.10. The normalized spacial score (nSPS) is 18.8. The van der Waals surface area contributed by atoms with Gasteiger partial charge in [-0.05, 0) is 48.1 Å². The van der Waals surface area contributed by atoms with Crippen LogP contribution in [0.15, 0.2) is 24.3 Å². The highest BCUT2D eigenvalue weighted by Crippen LogP contribution is 2.22. The zero-order chi connectivity index (χ0) is 12.8. The van der Waals surface area contributed by atoms with Crippen molar-refractivity contribution in [3.05, 3.63) is 29.8 Å². The Bertz CT molecular complexity index is 385. The number of carbonyl (C=O) groups is 1. The fourth-order valence-corrected chi connectivity index (χ4v) is 3.36. The van der Waals surface area contributed by atoms with E-state index in [0.29, 0.717) is 0 Å². The Morgan fingerprint density at radius 3 is 2.78 bits per heavy atom. The van der Waals surface area contributed by atoms with E-state index in [1.807, 2.05) is 12.1 Å². The summed E-state index contributed by atoms with van der Waals surface area (Å²) in [6.45, 7) is 3.54. The second-order valence-corrected chi connectivity index (χ2v) is 5.89. The smallest absolute Gasteiger partial charge is 0.221 e. The minimum absolute atomic E-state index is 0.0281. The predicted molar refractivity (Wildman–Crippen MR) is 77.9 cm³/mol. The number of thioether (sulfide) groups is 1. The molecule has 2 N–H and O–H groups in total. The number of nitrogens with one attached hydrogen (secondary N) is 2. The van der Waals surface area contributed by atoms with E-state index in [1.54, 1.807) is 0 Å². The summed E-state index contributed by atoms with van der Waals surface area (Å²) in [4.78, 5) is 10.9. The maximum Gasteiger partial charge on any atom is 0.221 e. The van der Waals surface area contributed by atoms with E-state index >= 15 is 0 Å². The molecule has 0 aromatic heterocycles. The Morgan fingerprint density at radius 2 is 2.17 bits per heavy atom. The summed E-state index contributed by atoms with van der Waals surface area (Å²) >= 11 is 2.06. The van der Waals surface area contributed by atoms with Crippen LogP contribution in [0.1, 0.15) is 18.9 Å². The Hall–Kier alpha value is -1.00. The highest BCUT2D eigenvalue weighted by molar-refractivity contribution is 7.99. The summed E-state index contributed by atoms with van der Waals surface area (Å²) in [5.41, 5.74) is 2.12. The third kappa shape index (κ3) is 4.35. The average molecular weight is 264 g/mol. The first-order valence-corrected chi connectivity index (χ1v) is 7.54. The molecule has 0 saturated carbocycles. The van der Waals surface area contributed by atoms with Gasteiger partial charge in [0.15, 0.2) is 0 Å². The second-order valence-electron chi connectivity index (χ2n) is 4.74. The fourth-order valence-electron chi connectivity index (χ4n) is 2.07. The third-order valence-corrected chi connectivity index (χ3v) is 4.29. The zero-order valence-corrected chi connectivity index (χ0v) is 11.6. The van der Waals surface area contributed by atoms with Crippen molar-refractivity contribution in [2.75, 3.05) is 23.4 Å². The molecule has 4 heteroatoms. The molecule has 0 bridgehead atoms. The van der Waals surface area contributed by atoms with Gasteiger partial charge >= 0.3 is 0 Å². The first kappa shape index (κ1) is 13.4. The Balaban J connectivity index is 1.73. The van der Waals surface area contributed by atoms with Crippen molar-refractivity contribution in [3.8, 4) is 0 Å². The van der Waals surface area contributed by atoms with Crippen molar-refractivity contribution in [1.29, 1.82) is 0 Å². The van der Waals surface area contributed by atoms with Crippen LogP contribution >= 0.6 is 11.8 Å². The maximum atomic E-state index is 10.9. The zero-order valence-electron chi connectivity index (χ0n) is 10.7. The van der Waals surface area contributed by atoms with E-state index < -0.39 is 0 Å². The first-order valence-electron chi connectivity index (χ1n) is 6.39. The molecule has 1 aromatic carbocycles. The summed E-state index contributed by atoms with van der Waals surface area (Å²) in [6.07, 6.45) is 1.35. The lowest BCUT2D eigenvalue weighted by Crippen LogP contribution is -2.22. The lowest BCUT2D eigenvalue weighted by molar-refractivity contribution is -0.114. The fraction of sp³-hybridized carbons (Fsp3) is 0.500. The third-order valence-electron chi connectivity index (χ3n) is 3.06. The van der Waals surface area contributed by atoms with Gasteiger partial charge in [-0.3, -0.25) is 4.79 Å². The number of rotatable bonds is 5. The second kappa shape index (κ2) is 6.81. The summed E-state index contributed by atoms with van der Waals surface area (Å²) in [7, 11) is 0. The van der Waals surface area contributed by atoms with Gasteiger partial charge in [0.05, 0.1) is 0 Å². The number of amides is 1. The largest absolute Gasteiger partial charge is 0.326 e. The van der Waals surface area contributed by atoms with Gasteiger partial charge in [-0.15, -0.1) is 0 Å². The molecule has 1 unspecified atom stereocenters. The molecule has 1 aromatic rings. The van der Waals surface area contributed by atoms with Crippen molar-refractivity contribution < 1.29 is 4.79 Å². The van der Waals surface area contributed by atoms with Gasteiger partial charge in [-0.2, -0.15) is 11.8 Å². The highest BCUT2D eigenvalue weighted by Gasteiger charge is 2.14. The van der Waals surface area contributed by atoms with Crippen LogP contribution in [0.4, 0.5) is 5.69 Å². The Morgan fingerprint density at radius 1 is 1.39 bits per heavy atom. The maximum absolute atomic E-state index is 10.9. The van der Waals surface area contributed by atoms with E-state index in [1.165, 1.54) is 30.4 Å². The van der Waals surface area contributed by atoms with Gasteiger partial charge in [0.2, 0.25) is 5.91 Å². The molecule has 1 saturated heterocycles. The average Bonchev–Trinajstić information content (AvgIpc) is 2.84. The van der Waals surface area contributed by atoms with Crippen LogP contribution in [0.5, 0.6) is 0 Å². The summed E-state index contributed by atoms with van der Waals surface area (Å²) in [5.74, 6) is 3.43. The van der Waals surface area contributed by atoms with Crippen LogP contribution in [0.2, 0.25) is 0 Å². The monoisotopic (exact) mass is 264 g/mol. The van der Waals surface area contributed by atoms with Crippen molar-refractivity contribution in [3.63, 3.8) is 0 Å². The van der Waals surface area contributed by atoms with E-state index in [2.05, 4.69) is 34.5 Å². The van der Waals surface area contributed by atoms with Crippen LogP contribution in [0, 0.1) is 5.92 Å². The van der Waals surface area contributed by atoms with Crippen LogP contribution in [0.3, 0.4) is 0 Å². The van der Waals surface area contributed by atoms with E-state index in [-0.39, 0.29) is 5.91 Å². The topological polar surface area (TPSA) is 41.1 Å². The molecule has 1 amide bonds. The van der Waals surface area contributed by atoms with E-state index in [4.69, 9.17) is 0 Å². The Kier molecular flexibility index (Phi) is 5.08. The standard InChI is InChI=1S/C14H20N2OS/c1-11(17)16-14-4-2-12(3-5-14)8-15-9-13-6-7-18-10-13/h2-5,13,15H,6-10H2,1H3,(H,16,17). The molecule has 3 nitrogen and oxygen atoms in total. The molecule has 98 valence electrons. The van der Waals surface area contributed by atoms with Crippen molar-refractivity contribution in [2.24, 2.45) is 5.92 Å². The van der Waals surface area contributed by atoms with Gasteiger partial charge in [0.1, 0.15) is 0 Å². The van der Waals surface area contributed by atoms with Gasteiger partial charge < -0.3 is 10.6 Å². The first-order chi connectivity index (χ1) is 8.74. The molecule has 2 rings (SSSR count). The van der Waals surface area contributed by atoms with Crippen LogP contribution in [0.25, 0.3) is 0 Å². The number of carbonyl (C=O) groups excluding carboxylic acids is 1. The van der Waals surface area contributed by atoms with Gasteiger partial charge in [-0.1, -0.05) is 12.1 Å². The number of anilines is 1. The Labute approximate surface area is 113 Å². The van der Waals surface area contributed by atoms with Crippen LogP contribution < -0.4 is 10.6 Å². The molecule has 1 heterocycles. The molecule has 1 fully saturated rings. The highest BCUT2D eigenvalue weighted by atomic mass is 32.2. The summed E-state index contributed by atoms with van der Waals surface area (Å²) < 4.78 is 0. The molecular formula is C14H20N2OS. The molecule has 0 radical (unpaired) electrons. The number of benzene rings is 1. The van der Waals surface area contributed by atoms with Crippen molar-refractivity contribution in [2.45, 2.75) is 19.9 Å². The van der Waals surface area contributed by atoms with Gasteiger partial charge in [0.25, 0.3) is 0 Å². The molecular weight excluding hydrogens is 244 g/mol. The summed E-state index contributed by atoms with van der Waals surface area (Å²) in [5, 5.41) is 6.27. The molecule has 18 heavy (non-hydrogen) atoms. The van der Waals surface area contributed by atoms with Crippen molar-refractivity contribution >= 4 is 23.4 Å². The molecule has 0 spiro atoms. The van der Waals surface area contributed by atoms with E-state index in [0.717, 1.165) is 24.7 Å². The van der Waals surface area contributed by atoms with Crippen LogP contribution in [-0.2, 0) is 11.3 Å². The summed E-state index contributed by atoms with van der Waals surface area (Å²) in [6, 6.07) is 8.01. The van der Waals surface area contributed by atoms with Crippen LogP contribution in [-0.4, -0.2) is 24.0 Å². The quantitative estimate of drug-likeness (QED) is 0.858.